The molecule has 0 atom stereocenters. The molecule has 72 valence electrons. The van der Waals surface area contributed by atoms with E-state index in [0.717, 1.165) is 18.5 Å². The Morgan fingerprint density at radius 1 is 1.62 bits per heavy atom. The molecule has 0 spiro atoms. The summed E-state index contributed by atoms with van der Waals surface area (Å²) in [6.07, 6.45) is 2.05. The van der Waals surface area contributed by atoms with Crippen molar-refractivity contribution >= 4 is 5.91 Å². The third-order valence-corrected chi connectivity index (χ3v) is 2.10. The van der Waals surface area contributed by atoms with Crippen LogP contribution in [0.4, 0.5) is 0 Å². The molecule has 1 aromatic heterocycles. The first-order valence-electron chi connectivity index (χ1n) is 4.36. The Labute approximate surface area is 77.7 Å². The van der Waals surface area contributed by atoms with Gasteiger partial charge in [-0.1, -0.05) is 13.3 Å². The van der Waals surface area contributed by atoms with Crippen LogP contribution in [0.2, 0.25) is 0 Å². The molecule has 0 aliphatic carbocycles. The zero-order chi connectivity index (χ0) is 9.84. The van der Waals surface area contributed by atoms with Gasteiger partial charge in [0.15, 0.2) is 0 Å². The van der Waals surface area contributed by atoms with E-state index in [9.17, 15) is 4.79 Å². The van der Waals surface area contributed by atoms with E-state index >= 15 is 0 Å². The number of hydrazine groups is 1. The van der Waals surface area contributed by atoms with Crippen molar-refractivity contribution in [2.75, 3.05) is 0 Å². The van der Waals surface area contributed by atoms with Crippen LogP contribution in [0.1, 0.15) is 29.5 Å². The Balaban J connectivity index is 2.92. The third kappa shape index (κ3) is 1.89. The lowest BCUT2D eigenvalue weighted by molar-refractivity contribution is 0.0945. The predicted molar refractivity (Wildman–Crippen MR) is 51.1 cm³/mol. The molecule has 4 heteroatoms. The van der Waals surface area contributed by atoms with Gasteiger partial charge >= 0.3 is 0 Å². The van der Waals surface area contributed by atoms with Gasteiger partial charge in [0.2, 0.25) is 0 Å². The Hall–Kier alpha value is -1.29. The SMILES string of the molecule is CCCc1ccc(C(=O)NN)n1C. The summed E-state index contributed by atoms with van der Waals surface area (Å²) in [5.74, 6) is 4.80. The van der Waals surface area contributed by atoms with Crippen LogP contribution in [-0.2, 0) is 13.5 Å². The molecule has 1 rings (SSSR count). The summed E-state index contributed by atoms with van der Waals surface area (Å²) >= 11 is 0. The van der Waals surface area contributed by atoms with E-state index in [1.165, 1.54) is 0 Å². The van der Waals surface area contributed by atoms with Gasteiger partial charge in [-0.3, -0.25) is 10.2 Å². The number of aryl methyl sites for hydroxylation is 1. The number of aromatic nitrogens is 1. The van der Waals surface area contributed by atoms with Crippen LogP contribution in [0.5, 0.6) is 0 Å². The summed E-state index contributed by atoms with van der Waals surface area (Å²) in [6.45, 7) is 2.11. The van der Waals surface area contributed by atoms with Gasteiger partial charge in [0, 0.05) is 12.7 Å². The Morgan fingerprint density at radius 2 is 2.31 bits per heavy atom. The minimum Gasteiger partial charge on any atom is -0.344 e. The molecular formula is C9H15N3O. The number of amides is 1. The standard InChI is InChI=1S/C9H15N3O/c1-3-4-7-5-6-8(12(7)2)9(13)11-10/h5-6H,3-4,10H2,1-2H3,(H,11,13). The molecule has 0 aliphatic heterocycles. The Kier molecular flexibility index (Phi) is 3.08. The van der Waals surface area contributed by atoms with Crippen LogP contribution >= 0.6 is 0 Å². The van der Waals surface area contributed by atoms with Crippen molar-refractivity contribution in [2.45, 2.75) is 19.8 Å². The van der Waals surface area contributed by atoms with Gasteiger partial charge in [-0.2, -0.15) is 0 Å². The van der Waals surface area contributed by atoms with Crippen molar-refractivity contribution in [1.29, 1.82) is 0 Å². The lowest BCUT2D eigenvalue weighted by atomic mass is 10.2. The zero-order valence-corrected chi connectivity index (χ0v) is 8.00. The lowest BCUT2D eigenvalue weighted by Gasteiger charge is -2.05. The predicted octanol–water partition coefficient (Wildman–Crippen LogP) is 0.581. The van der Waals surface area contributed by atoms with Crippen molar-refractivity contribution in [3.8, 4) is 0 Å². The second kappa shape index (κ2) is 4.09. The molecule has 1 heterocycles. The number of hydrogen-bond acceptors (Lipinski definition) is 2. The number of rotatable bonds is 3. The highest BCUT2D eigenvalue weighted by molar-refractivity contribution is 5.92. The first-order chi connectivity index (χ1) is 6.20. The molecular weight excluding hydrogens is 166 g/mol. The molecule has 0 radical (unpaired) electrons. The second-order valence-electron chi connectivity index (χ2n) is 2.99. The molecule has 0 unspecified atom stereocenters. The van der Waals surface area contributed by atoms with E-state index in [-0.39, 0.29) is 5.91 Å². The molecule has 4 nitrogen and oxygen atoms in total. The van der Waals surface area contributed by atoms with Crippen LogP contribution in [-0.4, -0.2) is 10.5 Å². The monoisotopic (exact) mass is 181 g/mol. The number of nitrogen functional groups attached to an aromatic ring is 1. The molecule has 1 amide bonds. The highest BCUT2D eigenvalue weighted by Gasteiger charge is 2.09. The highest BCUT2D eigenvalue weighted by atomic mass is 16.2. The van der Waals surface area contributed by atoms with E-state index < -0.39 is 0 Å². The van der Waals surface area contributed by atoms with Gasteiger partial charge in [0.25, 0.3) is 5.91 Å². The fourth-order valence-electron chi connectivity index (χ4n) is 1.36. The number of nitrogens with two attached hydrogens (primary N) is 1. The molecule has 0 saturated heterocycles. The van der Waals surface area contributed by atoms with E-state index in [0.29, 0.717) is 5.69 Å². The maximum atomic E-state index is 11.2. The smallest absolute Gasteiger partial charge is 0.281 e. The van der Waals surface area contributed by atoms with Crippen LogP contribution in [0.3, 0.4) is 0 Å². The summed E-state index contributed by atoms with van der Waals surface area (Å²) in [5.41, 5.74) is 3.87. The topological polar surface area (TPSA) is 60.1 Å². The minimum atomic E-state index is -0.246. The maximum Gasteiger partial charge on any atom is 0.281 e. The first-order valence-corrected chi connectivity index (χ1v) is 4.36. The number of carbonyl (C=O) groups excluding carboxylic acids is 1. The van der Waals surface area contributed by atoms with E-state index in [1.807, 2.05) is 17.7 Å². The third-order valence-electron chi connectivity index (χ3n) is 2.10. The molecule has 0 bridgehead atoms. The van der Waals surface area contributed by atoms with Crippen molar-refractivity contribution < 1.29 is 4.79 Å². The second-order valence-corrected chi connectivity index (χ2v) is 2.99. The largest absolute Gasteiger partial charge is 0.344 e. The summed E-state index contributed by atoms with van der Waals surface area (Å²) in [5, 5.41) is 0. The highest BCUT2D eigenvalue weighted by Crippen LogP contribution is 2.08. The average molecular weight is 181 g/mol. The minimum absolute atomic E-state index is 0.246. The number of carbonyl (C=O) groups is 1. The van der Waals surface area contributed by atoms with Crippen molar-refractivity contribution in [2.24, 2.45) is 12.9 Å². The molecule has 0 fully saturated rings. The Morgan fingerprint density at radius 3 is 2.85 bits per heavy atom. The molecule has 0 aliphatic rings. The molecule has 0 aromatic carbocycles. The van der Waals surface area contributed by atoms with Crippen molar-refractivity contribution in [3.05, 3.63) is 23.5 Å². The summed E-state index contributed by atoms with van der Waals surface area (Å²) in [4.78, 5) is 11.2. The van der Waals surface area contributed by atoms with Crippen molar-refractivity contribution in [3.63, 3.8) is 0 Å². The van der Waals surface area contributed by atoms with Gasteiger partial charge in [-0.15, -0.1) is 0 Å². The van der Waals surface area contributed by atoms with Gasteiger partial charge in [0.1, 0.15) is 5.69 Å². The fraction of sp³-hybridized carbons (Fsp3) is 0.444. The van der Waals surface area contributed by atoms with E-state index in [4.69, 9.17) is 5.84 Å². The van der Waals surface area contributed by atoms with Crippen LogP contribution in [0.15, 0.2) is 12.1 Å². The van der Waals surface area contributed by atoms with Crippen molar-refractivity contribution in [1.82, 2.24) is 9.99 Å². The normalized spacial score (nSPS) is 10.1. The maximum absolute atomic E-state index is 11.2. The van der Waals surface area contributed by atoms with Crippen LogP contribution < -0.4 is 11.3 Å². The fourth-order valence-corrected chi connectivity index (χ4v) is 1.36. The lowest BCUT2D eigenvalue weighted by Crippen LogP contribution is -2.31. The average Bonchev–Trinajstić information content (AvgIpc) is 2.48. The number of nitrogens with zero attached hydrogens (tertiary/aromatic N) is 1. The van der Waals surface area contributed by atoms with E-state index in [1.54, 1.807) is 6.07 Å². The summed E-state index contributed by atoms with van der Waals surface area (Å²) < 4.78 is 1.87. The first kappa shape index (κ1) is 9.80. The number of nitrogens with one attached hydrogen (secondary N) is 1. The molecule has 1 aromatic rings. The van der Waals surface area contributed by atoms with Gasteiger partial charge in [-0.05, 0) is 18.6 Å². The molecule has 3 N–H and O–H groups in total. The van der Waals surface area contributed by atoms with Gasteiger partial charge < -0.3 is 4.57 Å². The van der Waals surface area contributed by atoms with Crippen LogP contribution in [0, 0.1) is 0 Å². The zero-order valence-electron chi connectivity index (χ0n) is 8.00. The summed E-state index contributed by atoms with van der Waals surface area (Å²) in [6, 6.07) is 3.74. The number of hydrogen-bond donors (Lipinski definition) is 2. The van der Waals surface area contributed by atoms with Gasteiger partial charge in [-0.25, -0.2) is 5.84 Å². The van der Waals surface area contributed by atoms with Crippen LogP contribution in [0.25, 0.3) is 0 Å². The van der Waals surface area contributed by atoms with E-state index in [2.05, 4.69) is 12.3 Å². The quantitative estimate of drug-likeness (QED) is 0.407. The summed E-state index contributed by atoms with van der Waals surface area (Å²) in [7, 11) is 1.87. The van der Waals surface area contributed by atoms with Gasteiger partial charge in [0.05, 0.1) is 0 Å². The molecule has 0 saturated carbocycles. The Bertz CT molecular complexity index is 304. The molecule has 13 heavy (non-hydrogen) atoms.